The Kier molecular flexibility index (Phi) is 3.82. The fourth-order valence-electron chi connectivity index (χ4n) is 1.75. The van der Waals surface area contributed by atoms with Crippen LogP contribution in [0, 0.1) is 0 Å². The second-order valence-corrected chi connectivity index (χ2v) is 4.51. The molecule has 1 atom stereocenters. The van der Waals surface area contributed by atoms with Gasteiger partial charge in [-0.2, -0.15) is 5.10 Å². The summed E-state index contributed by atoms with van der Waals surface area (Å²) >= 11 is 6.15. The van der Waals surface area contributed by atoms with E-state index in [2.05, 4.69) is 17.3 Å². The van der Waals surface area contributed by atoms with Gasteiger partial charge in [-0.15, -0.1) is 0 Å². The SMILES string of the molecule is C[C@H](NCc1ccn(C)n1)c1ccccc1Cl. The maximum absolute atomic E-state index is 6.15. The lowest BCUT2D eigenvalue weighted by Gasteiger charge is -2.14. The van der Waals surface area contributed by atoms with Crippen LogP contribution in [0.1, 0.15) is 24.2 Å². The van der Waals surface area contributed by atoms with Gasteiger partial charge in [0.1, 0.15) is 0 Å². The zero-order valence-corrected chi connectivity index (χ0v) is 10.8. The molecule has 0 amide bonds. The van der Waals surface area contributed by atoms with Gasteiger partial charge in [0.05, 0.1) is 5.69 Å². The van der Waals surface area contributed by atoms with E-state index in [-0.39, 0.29) is 6.04 Å². The molecule has 4 heteroatoms. The maximum atomic E-state index is 6.15. The highest BCUT2D eigenvalue weighted by Crippen LogP contribution is 2.22. The average Bonchev–Trinajstić information content (AvgIpc) is 2.73. The summed E-state index contributed by atoms with van der Waals surface area (Å²) in [5.74, 6) is 0. The number of hydrogen-bond donors (Lipinski definition) is 1. The second kappa shape index (κ2) is 5.34. The number of hydrogen-bond acceptors (Lipinski definition) is 2. The van der Waals surface area contributed by atoms with E-state index in [1.165, 1.54) is 0 Å². The summed E-state index contributed by atoms with van der Waals surface area (Å²) in [6.45, 7) is 2.84. The minimum absolute atomic E-state index is 0.214. The highest BCUT2D eigenvalue weighted by atomic mass is 35.5. The van der Waals surface area contributed by atoms with Crippen molar-refractivity contribution in [3.05, 3.63) is 52.8 Å². The van der Waals surface area contributed by atoms with Crippen molar-refractivity contribution in [1.82, 2.24) is 15.1 Å². The fraction of sp³-hybridized carbons (Fsp3) is 0.308. The molecule has 1 aromatic carbocycles. The molecule has 0 aliphatic rings. The number of nitrogens with one attached hydrogen (secondary N) is 1. The van der Waals surface area contributed by atoms with Crippen LogP contribution in [0.3, 0.4) is 0 Å². The summed E-state index contributed by atoms with van der Waals surface area (Å²) in [7, 11) is 1.92. The number of aryl methyl sites for hydroxylation is 1. The van der Waals surface area contributed by atoms with Crippen LogP contribution in [0.4, 0.5) is 0 Å². The van der Waals surface area contributed by atoms with Gasteiger partial charge < -0.3 is 5.32 Å². The molecule has 0 radical (unpaired) electrons. The molecule has 1 heterocycles. The van der Waals surface area contributed by atoms with E-state index in [0.29, 0.717) is 0 Å². The topological polar surface area (TPSA) is 29.9 Å². The highest BCUT2D eigenvalue weighted by Gasteiger charge is 2.08. The van der Waals surface area contributed by atoms with E-state index in [9.17, 15) is 0 Å². The van der Waals surface area contributed by atoms with E-state index >= 15 is 0 Å². The van der Waals surface area contributed by atoms with Crippen molar-refractivity contribution in [2.75, 3.05) is 0 Å². The third kappa shape index (κ3) is 3.08. The third-order valence-electron chi connectivity index (χ3n) is 2.73. The lowest BCUT2D eigenvalue weighted by atomic mass is 10.1. The third-order valence-corrected chi connectivity index (χ3v) is 3.07. The Bertz CT molecular complexity index is 493. The molecule has 0 unspecified atom stereocenters. The normalized spacial score (nSPS) is 12.6. The van der Waals surface area contributed by atoms with Crippen molar-refractivity contribution in [2.24, 2.45) is 7.05 Å². The monoisotopic (exact) mass is 249 g/mol. The van der Waals surface area contributed by atoms with Crippen LogP contribution in [-0.2, 0) is 13.6 Å². The molecule has 1 N–H and O–H groups in total. The molecule has 0 spiro atoms. The molecule has 2 aromatic rings. The van der Waals surface area contributed by atoms with Gasteiger partial charge in [-0.25, -0.2) is 0 Å². The molecule has 90 valence electrons. The van der Waals surface area contributed by atoms with Gasteiger partial charge in [0.15, 0.2) is 0 Å². The standard InChI is InChI=1S/C13H16ClN3/c1-10(12-5-3-4-6-13(12)14)15-9-11-7-8-17(2)16-11/h3-8,10,15H,9H2,1-2H3/t10-/m0/s1. The second-order valence-electron chi connectivity index (χ2n) is 4.10. The predicted octanol–water partition coefficient (Wildman–Crippen LogP) is 2.92. The summed E-state index contributed by atoms with van der Waals surface area (Å²) in [6.07, 6.45) is 1.94. The molecular weight excluding hydrogens is 234 g/mol. The van der Waals surface area contributed by atoms with Crippen molar-refractivity contribution < 1.29 is 0 Å². The van der Waals surface area contributed by atoms with Crippen molar-refractivity contribution in [2.45, 2.75) is 19.5 Å². The summed E-state index contributed by atoms with van der Waals surface area (Å²) < 4.78 is 1.80. The van der Waals surface area contributed by atoms with Crippen LogP contribution in [0.15, 0.2) is 36.5 Å². The van der Waals surface area contributed by atoms with Crippen LogP contribution in [0.25, 0.3) is 0 Å². The molecule has 0 fully saturated rings. The zero-order chi connectivity index (χ0) is 12.3. The van der Waals surface area contributed by atoms with Crippen LogP contribution in [0.5, 0.6) is 0 Å². The van der Waals surface area contributed by atoms with Gasteiger partial charge in [0.25, 0.3) is 0 Å². The van der Waals surface area contributed by atoms with Crippen LogP contribution >= 0.6 is 11.6 Å². The first-order valence-electron chi connectivity index (χ1n) is 5.63. The van der Waals surface area contributed by atoms with E-state index in [4.69, 9.17) is 11.6 Å². The minimum atomic E-state index is 0.214. The molecule has 0 aliphatic carbocycles. The Morgan fingerprint density at radius 1 is 1.35 bits per heavy atom. The largest absolute Gasteiger partial charge is 0.304 e. The zero-order valence-electron chi connectivity index (χ0n) is 10.0. The Labute approximate surface area is 106 Å². The summed E-state index contributed by atoms with van der Waals surface area (Å²) in [5.41, 5.74) is 2.15. The molecule has 17 heavy (non-hydrogen) atoms. The van der Waals surface area contributed by atoms with E-state index < -0.39 is 0 Å². The number of nitrogens with zero attached hydrogens (tertiary/aromatic N) is 2. The van der Waals surface area contributed by atoms with E-state index in [1.54, 1.807) is 4.68 Å². The number of aromatic nitrogens is 2. The molecular formula is C13H16ClN3. The number of halogens is 1. The number of benzene rings is 1. The highest BCUT2D eigenvalue weighted by molar-refractivity contribution is 6.31. The first-order valence-corrected chi connectivity index (χ1v) is 6.01. The molecule has 3 nitrogen and oxygen atoms in total. The number of rotatable bonds is 4. The fourth-order valence-corrected chi connectivity index (χ4v) is 2.05. The molecule has 1 aromatic heterocycles. The molecule has 2 rings (SSSR count). The molecule has 0 saturated carbocycles. The molecule has 0 saturated heterocycles. The van der Waals surface area contributed by atoms with Gasteiger partial charge >= 0.3 is 0 Å². The van der Waals surface area contributed by atoms with Gasteiger partial charge in [-0.05, 0) is 24.6 Å². The lowest BCUT2D eigenvalue weighted by molar-refractivity contribution is 0.562. The lowest BCUT2D eigenvalue weighted by Crippen LogP contribution is -2.18. The summed E-state index contributed by atoms with van der Waals surface area (Å²) in [5, 5.41) is 8.53. The van der Waals surface area contributed by atoms with Crippen LogP contribution in [-0.4, -0.2) is 9.78 Å². The van der Waals surface area contributed by atoms with Crippen molar-refractivity contribution >= 4 is 11.6 Å². The van der Waals surface area contributed by atoms with Gasteiger partial charge in [0.2, 0.25) is 0 Å². The van der Waals surface area contributed by atoms with Crippen molar-refractivity contribution in [3.63, 3.8) is 0 Å². The van der Waals surface area contributed by atoms with E-state index in [1.807, 2.05) is 43.6 Å². The maximum Gasteiger partial charge on any atom is 0.0762 e. The first-order chi connectivity index (χ1) is 8.16. The van der Waals surface area contributed by atoms with Gasteiger partial charge in [-0.3, -0.25) is 4.68 Å². The van der Waals surface area contributed by atoms with Crippen molar-refractivity contribution in [1.29, 1.82) is 0 Å². The smallest absolute Gasteiger partial charge is 0.0762 e. The Hall–Kier alpha value is -1.32. The summed E-state index contributed by atoms with van der Waals surface area (Å²) in [6, 6.07) is 10.1. The first kappa shape index (κ1) is 12.1. The van der Waals surface area contributed by atoms with E-state index in [0.717, 1.165) is 22.8 Å². The van der Waals surface area contributed by atoms with Crippen LogP contribution < -0.4 is 5.32 Å². The average molecular weight is 250 g/mol. The Morgan fingerprint density at radius 3 is 2.76 bits per heavy atom. The predicted molar refractivity (Wildman–Crippen MR) is 69.9 cm³/mol. The van der Waals surface area contributed by atoms with Crippen LogP contribution in [0.2, 0.25) is 5.02 Å². The Balaban J connectivity index is 1.98. The quantitative estimate of drug-likeness (QED) is 0.903. The van der Waals surface area contributed by atoms with Crippen molar-refractivity contribution in [3.8, 4) is 0 Å². The summed E-state index contributed by atoms with van der Waals surface area (Å²) in [4.78, 5) is 0. The Morgan fingerprint density at radius 2 is 2.12 bits per heavy atom. The van der Waals surface area contributed by atoms with Gasteiger partial charge in [-0.1, -0.05) is 29.8 Å². The minimum Gasteiger partial charge on any atom is -0.304 e. The molecule has 0 aliphatic heterocycles. The molecule has 0 bridgehead atoms. The van der Waals surface area contributed by atoms with Gasteiger partial charge in [0, 0.05) is 30.9 Å².